The van der Waals surface area contributed by atoms with E-state index in [1.807, 2.05) is 49.4 Å². The summed E-state index contributed by atoms with van der Waals surface area (Å²) < 4.78 is 11.1. The highest BCUT2D eigenvalue weighted by atomic mass is 16.7. The molecular formula is C24H25N3O4. The average Bonchev–Trinajstić information content (AvgIpc) is 3.38. The molecule has 3 aliphatic heterocycles. The molecular weight excluding hydrogens is 394 g/mol. The van der Waals surface area contributed by atoms with Gasteiger partial charge in [-0.1, -0.05) is 36.4 Å². The fourth-order valence-electron chi connectivity index (χ4n) is 5.42. The quantitative estimate of drug-likeness (QED) is 0.750. The van der Waals surface area contributed by atoms with E-state index in [4.69, 9.17) is 9.47 Å². The van der Waals surface area contributed by atoms with Gasteiger partial charge in [-0.2, -0.15) is 5.26 Å². The molecule has 2 unspecified atom stereocenters. The highest BCUT2D eigenvalue weighted by Gasteiger charge is 2.60. The molecule has 0 aromatic heterocycles. The number of piperazine rings is 1. The van der Waals surface area contributed by atoms with Crippen LogP contribution in [0.25, 0.3) is 0 Å². The van der Waals surface area contributed by atoms with Crippen molar-refractivity contribution >= 4 is 11.8 Å². The lowest BCUT2D eigenvalue weighted by Crippen LogP contribution is -2.64. The minimum atomic E-state index is -0.852. The van der Waals surface area contributed by atoms with Crippen LogP contribution in [-0.2, 0) is 25.5 Å². The van der Waals surface area contributed by atoms with Crippen LogP contribution in [0.5, 0.6) is 0 Å². The van der Waals surface area contributed by atoms with Crippen molar-refractivity contribution in [2.75, 3.05) is 13.8 Å². The van der Waals surface area contributed by atoms with Crippen LogP contribution in [0.15, 0.2) is 53.8 Å². The van der Waals surface area contributed by atoms with Crippen molar-refractivity contribution < 1.29 is 19.1 Å². The highest BCUT2D eigenvalue weighted by Crippen LogP contribution is 2.48. The van der Waals surface area contributed by atoms with Crippen molar-refractivity contribution in [2.45, 2.75) is 50.4 Å². The first-order valence-electron chi connectivity index (χ1n) is 10.6. The SMILES string of the molecule is CN1C(=O)[C@@H]2C[C@](C)(C#N)[C@H](C3=CC=C4OCOC4C3)N2C(=O)C1Cc1ccccc1. The van der Waals surface area contributed by atoms with Gasteiger partial charge in [0.05, 0.1) is 17.5 Å². The van der Waals surface area contributed by atoms with Gasteiger partial charge in [-0.05, 0) is 30.6 Å². The molecule has 1 aromatic carbocycles. The first-order valence-corrected chi connectivity index (χ1v) is 10.6. The van der Waals surface area contributed by atoms with Crippen LogP contribution in [0.2, 0.25) is 0 Å². The Labute approximate surface area is 181 Å². The first-order chi connectivity index (χ1) is 14.9. The van der Waals surface area contributed by atoms with E-state index in [2.05, 4.69) is 6.07 Å². The topological polar surface area (TPSA) is 82.9 Å². The predicted molar refractivity (Wildman–Crippen MR) is 111 cm³/mol. The van der Waals surface area contributed by atoms with Crippen LogP contribution in [0.4, 0.5) is 0 Å². The lowest BCUT2D eigenvalue weighted by molar-refractivity contribution is -0.159. The summed E-state index contributed by atoms with van der Waals surface area (Å²) in [4.78, 5) is 30.4. The molecule has 4 aliphatic rings. The van der Waals surface area contributed by atoms with E-state index in [1.165, 1.54) is 0 Å². The van der Waals surface area contributed by atoms with Crippen molar-refractivity contribution in [1.82, 2.24) is 9.80 Å². The Morgan fingerprint density at radius 1 is 1.19 bits per heavy atom. The molecule has 3 heterocycles. The number of carbonyl (C=O) groups is 2. The zero-order valence-electron chi connectivity index (χ0n) is 17.7. The third kappa shape index (κ3) is 3.05. The summed E-state index contributed by atoms with van der Waals surface area (Å²) in [7, 11) is 1.70. The number of fused-ring (bicyclic) bond motifs is 2. The average molecular weight is 419 g/mol. The molecule has 3 saturated heterocycles. The number of likely N-dealkylation sites (N-methyl/N-ethyl adjacent to an activating group) is 1. The molecule has 3 fully saturated rings. The second kappa shape index (κ2) is 7.24. The molecule has 1 aromatic rings. The number of hydrogen-bond donors (Lipinski definition) is 0. The van der Waals surface area contributed by atoms with E-state index in [0.29, 0.717) is 19.3 Å². The number of carbonyl (C=O) groups excluding carboxylic acids is 2. The molecule has 0 bridgehead atoms. The van der Waals surface area contributed by atoms with E-state index in [1.54, 1.807) is 16.8 Å². The zero-order valence-corrected chi connectivity index (χ0v) is 17.7. The maximum Gasteiger partial charge on any atom is 0.246 e. The van der Waals surface area contributed by atoms with Gasteiger partial charge in [-0.3, -0.25) is 9.59 Å². The van der Waals surface area contributed by atoms with Crippen molar-refractivity contribution in [2.24, 2.45) is 5.41 Å². The molecule has 7 heteroatoms. The van der Waals surface area contributed by atoms with Crippen LogP contribution >= 0.6 is 0 Å². The number of ether oxygens (including phenoxy) is 2. The number of hydrogen-bond acceptors (Lipinski definition) is 5. The summed E-state index contributed by atoms with van der Waals surface area (Å²) in [6.07, 6.45) is 4.94. The fraction of sp³-hybridized carbons (Fsp3) is 0.458. The highest BCUT2D eigenvalue weighted by molar-refractivity contribution is 5.98. The molecule has 0 spiro atoms. The zero-order chi connectivity index (χ0) is 21.8. The predicted octanol–water partition coefficient (Wildman–Crippen LogP) is 2.16. The Morgan fingerprint density at radius 3 is 2.71 bits per heavy atom. The minimum absolute atomic E-state index is 0.0980. The molecule has 5 rings (SSSR count). The molecule has 2 amide bonds. The number of amides is 2. The largest absolute Gasteiger partial charge is 0.469 e. The molecule has 5 atom stereocenters. The lowest BCUT2D eigenvalue weighted by Gasteiger charge is -2.44. The fourth-order valence-corrected chi connectivity index (χ4v) is 5.42. The van der Waals surface area contributed by atoms with E-state index in [9.17, 15) is 14.9 Å². The summed E-state index contributed by atoms with van der Waals surface area (Å²) in [6.45, 7) is 2.07. The van der Waals surface area contributed by atoms with Crippen LogP contribution in [0.1, 0.15) is 25.3 Å². The summed E-state index contributed by atoms with van der Waals surface area (Å²) in [5.74, 6) is 0.580. The van der Waals surface area contributed by atoms with Gasteiger partial charge in [0, 0.05) is 19.9 Å². The van der Waals surface area contributed by atoms with Crippen molar-refractivity contribution in [3.63, 3.8) is 0 Å². The molecule has 0 radical (unpaired) electrons. The second-order valence-electron chi connectivity index (χ2n) is 8.98. The number of benzene rings is 1. The Morgan fingerprint density at radius 2 is 1.97 bits per heavy atom. The van der Waals surface area contributed by atoms with Gasteiger partial charge in [0.1, 0.15) is 23.9 Å². The maximum absolute atomic E-state index is 13.8. The molecule has 31 heavy (non-hydrogen) atoms. The Bertz CT molecular complexity index is 1030. The van der Waals surface area contributed by atoms with E-state index in [0.717, 1.165) is 16.9 Å². The van der Waals surface area contributed by atoms with Gasteiger partial charge in [0.2, 0.25) is 11.8 Å². The Kier molecular flexibility index (Phi) is 4.63. The molecule has 0 saturated carbocycles. The molecule has 0 N–H and O–H groups in total. The van der Waals surface area contributed by atoms with Gasteiger partial charge in [0.25, 0.3) is 0 Å². The lowest BCUT2D eigenvalue weighted by atomic mass is 9.77. The van der Waals surface area contributed by atoms with E-state index < -0.39 is 23.5 Å². The van der Waals surface area contributed by atoms with Crippen LogP contribution in [-0.4, -0.2) is 59.7 Å². The summed E-state index contributed by atoms with van der Waals surface area (Å²) in [5.41, 5.74) is 1.09. The first kappa shape index (κ1) is 19.8. The number of rotatable bonds is 3. The third-order valence-corrected chi connectivity index (χ3v) is 7.05. The van der Waals surface area contributed by atoms with Crippen LogP contribution < -0.4 is 0 Å². The summed E-state index contributed by atoms with van der Waals surface area (Å²) in [5, 5.41) is 10.1. The summed E-state index contributed by atoms with van der Waals surface area (Å²) in [6, 6.07) is 10.5. The number of nitrogens with zero attached hydrogens (tertiary/aromatic N) is 3. The Balaban J connectivity index is 1.52. The Hall–Kier alpha value is -3.11. The summed E-state index contributed by atoms with van der Waals surface area (Å²) >= 11 is 0. The van der Waals surface area contributed by atoms with E-state index >= 15 is 0 Å². The third-order valence-electron chi connectivity index (χ3n) is 7.05. The van der Waals surface area contributed by atoms with Crippen molar-refractivity contribution in [1.29, 1.82) is 5.26 Å². The van der Waals surface area contributed by atoms with Crippen LogP contribution in [0.3, 0.4) is 0 Å². The number of nitriles is 1. The minimum Gasteiger partial charge on any atom is -0.469 e. The van der Waals surface area contributed by atoms with Gasteiger partial charge in [0.15, 0.2) is 6.79 Å². The number of allylic oxidation sites excluding steroid dienone is 2. The smallest absolute Gasteiger partial charge is 0.246 e. The van der Waals surface area contributed by atoms with E-state index in [-0.39, 0.29) is 24.7 Å². The maximum atomic E-state index is 13.8. The standard InChI is InChI=1S/C24H25N3O4/c1-24(13-25)12-18-22(28)26(2)17(10-15-6-4-3-5-7-15)23(29)27(18)21(24)16-8-9-19-20(11-16)31-14-30-19/h3-9,17-18,20-21H,10-12,14H2,1-2H3/t17?,18-,20?,21-,24+/m0/s1. The van der Waals surface area contributed by atoms with Gasteiger partial charge >= 0.3 is 0 Å². The van der Waals surface area contributed by atoms with Gasteiger partial charge in [-0.25, -0.2) is 0 Å². The van der Waals surface area contributed by atoms with Crippen molar-refractivity contribution in [3.05, 3.63) is 59.4 Å². The monoisotopic (exact) mass is 419 g/mol. The normalized spacial score (nSPS) is 34.5. The van der Waals surface area contributed by atoms with Gasteiger partial charge < -0.3 is 19.3 Å². The van der Waals surface area contributed by atoms with Crippen LogP contribution in [0, 0.1) is 16.7 Å². The van der Waals surface area contributed by atoms with Gasteiger partial charge in [-0.15, -0.1) is 0 Å². The second-order valence-corrected chi connectivity index (χ2v) is 8.98. The molecule has 7 nitrogen and oxygen atoms in total. The molecule has 1 aliphatic carbocycles. The molecule has 160 valence electrons. The van der Waals surface area contributed by atoms with Crippen molar-refractivity contribution in [3.8, 4) is 6.07 Å².